The average molecular weight is 687 g/mol. The molecule has 0 unspecified atom stereocenters. The van der Waals surface area contributed by atoms with Gasteiger partial charge < -0.3 is 40.8 Å². The monoisotopic (exact) mass is 685 g/mol. The normalized spacial score (nSPS) is 20.3. The summed E-state index contributed by atoms with van der Waals surface area (Å²) in [7, 11) is 1.81. The fraction of sp³-hybridized carbons (Fsp3) is 0.500. The highest BCUT2D eigenvalue weighted by atomic mass is 35.5. The Hall–Kier alpha value is -3.03. The molecular weight excluding hydrogens is 641 g/mol. The van der Waals surface area contributed by atoms with Crippen LogP contribution in [-0.2, 0) is 16.0 Å². The number of esters is 1. The first-order valence-corrected chi connectivity index (χ1v) is 17.0. The van der Waals surface area contributed by atoms with E-state index in [1.165, 1.54) is 11.9 Å². The molecule has 1 aliphatic rings. The van der Waals surface area contributed by atoms with Gasteiger partial charge in [0.15, 0.2) is 0 Å². The summed E-state index contributed by atoms with van der Waals surface area (Å²) in [5.74, 6) is 0.122. The predicted molar refractivity (Wildman–Crippen MR) is 187 cm³/mol. The van der Waals surface area contributed by atoms with Gasteiger partial charge in [0.2, 0.25) is 0 Å². The molecule has 11 nitrogen and oxygen atoms in total. The summed E-state index contributed by atoms with van der Waals surface area (Å²) in [4.78, 5) is 23.2. The molecule has 2 aromatic heterocycles. The summed E-state index contributed by atoms with van der Waals surface area (Å²) in [6.45, 7) is 5.54. The van der Waals surface area contributed by atoms with Crippen molar-refractivity contribution in [3.63, 3.8) is 0 Å². The first kappa shape index (κ1) is 35.3. The maximum Gasteiger partial charge on any atom is 0.322 e. The molecule has 2 aromatic carbocycles. The summed E-state index contributed by atoms with van der Waals surface area (Å²) in [5, 5.41) is 33.0. The fourth-order valence-electron chi connectivity index (χ4n) is 6.54. The Morgan fingerprint density at radius 2 is 1.89 bits per heavy atom. The van der Waals surface area contributed by atoms with Crippen molar-refractivity contribution in [3.05, 3.63) is 64.5 Å². The SMILES string of the molecule is CCOC(=O)[C@@H](N)CCN(CCCNCCc1ccc2cc(Cl)c(Cl)cc2c1)C[C@H]1C[C@@H](n2ccc3c(NC)ncnc32)[C@H](O)[C@@H]1O. The summed E-state index contributed by atoms with van der Waals surface area (Å²) < 4.78 is 7.05. The molecule has 254 valence electrons. The van der Waals surface area contributed by atoms with Gasteiger partial charge in [0.05, 0.1) is 34.2 Å². The molecule has 0 radical (unpaired) electrons. The first-order chi connectivity index (χ1) is 22.7. The lowest BCUT2D eigenvalue weighted by atomic mass is 10.0. The molecule has 5 atom stereocenters. The number of fused-ring (bicyclic) bond motifs is 2. The average Bonchev–Trinajstić information content (AvgIpc) is 3.61. The smallest absolute Gasteiger partial charge is 0.322 e. The maximum absolute atomic E-state index is 12.2. The molecule has 13 heteroatoms. The van der Waals surface area contributed by atoms with Gasteiger partial charge in [-0.15, -0.1) is 0 Å². The van der Waals surface area contributed by atoms with Crippen molar-refractivity contribution < 1.29 is 19.7 Å². The second-order valence-electron chi connectivity index (χ2n) is 12.2. The minimum absolute atomic E-state index is 0.180. The number of carbonyl (C=O) groups excluding carboxylic acids is 1. The van der Waals surface area contributed by atoms with Crippen molar-refractivity contribution in [3.8, 4) is 0 Å². The zero-order valence-corrected chi connectivity index (χ0v) is 28.4. The van der Waals surface area contributed by atoms with E-state index >= 15 is 0 Å². The van der Waals surface area contributed by atoms with Crippen LogP contribution >= 0.6 is 23.2 Å². The number of aliphatic hydroxyl groups is 2. The van der Waals surface area contributed by atoms with Crippen LogP contribution in [0.15, 0.2) is 48.9 Å². The van der Waals surface area contributed by atoms with E-state index in [2.05, 4.69) is 43.7 Å². The molecule has 5 rings (SSSR count). The quantitative estimate of drug-likeness (QED) is 0.0864. The van der Waals surface area contributed by atoms with Crippen LogP contribution < -0.4 is 16.4 Å². The Morgan fingerprint density at radius 3 is 2.66 bits per heavy atom. The Balaban J connectivity index is 1.17. The molecule has 4 aromatic rings. The third kappa shape index (κ3) is 8.53. The number of nitrogens with one attached hydrogen (secondary N) is 2. The van der Waals surface area contributed by atoms with Crippen molar-refractivity contribution in [1.82, 2.24) is 24.8 Å². The largest absolute Gasteiger partial charge is 0.465 e. The number of benzene rings is 2. The van der Waals surface area contributed by atoms with Crippen LogP contribution in [0.25, 0.3) is 21.8 Å². The second kappa shape index (κ2) is 16.4. The highest BCUT2D eigenvalue weighted by Crippen LogP contribution is 2.38. The standard InChI is InChI=1S/C34H45Cl2N7O4/c1-3-47-34(46)28(37)9-13-42(12-4-10-39-11-7-21-5-6-22-16-26(35)27(36)17-23(22)15-21)19-24-18-29(31(45)30(24)44)43-14-8-25-32(38-2)40-20-41-33(25)43/h5-6,8,14-17,20,24,28-31,39,44-45H,3-4,7,9-13,18-19,37H2,1-2H3,(H,38,40,41)/t24-,28+,29-,30-,31+/m1/s1. The van der Waals surface area contributed by atoms with Crippen molar-refractivity contribution in [2.45, 2.75) is 56.9 Å². The fourth-order valence-corrected chi connectivity index (χ4v) is 6.89. The number of carbonyl (C=O) groups is 1. The highest BCUT2D eigenvalue weighted by Gasteiger charge is 2.43. The summed E-state index contributed by atoms with van der Waals surface area (Å²) in [6, 6.07) is 11.0. The van der Waals surface area contributed by atoms with Gasteiger partial charge in [0.1, 0.15) is 29.9 Å². The van der Waals surface area contributed by atoms with Gasteiger partial charge in [-0.1, -0.05) is 41.4 Å². The van der Waals surface area contributed by atoms with Crippen LogP contribution in [0.3, 0.4) is 0 Å². The molecular formula is C34H45Cl2N7O4. The van der Waals surface area contributed by atoms with E-state index in [4.69, 9.17) is 33.7 Å². The number of rotatable bonds is 16. The van der Waals surface area contributed by atoms with Gasteiger partial charge in [0.25, 0.3) is 0 Å². The Bertz CT molecular complexity index is 1650. The molecule has 6 N–H and O–H groups in total. The third-order valence-corrected chi connectivity index (χ3v) is 9.80. The van der Waals surface area contributed by atoms with E-state index in [9.17, 15) is 15.0 Å². The molecule has 0 aliphatic heterocycles. The zero-order valence-electron chi connectivity index (χ0n) is 26.9. The molecule has 0 saturated heterocycles. The van der Waals surface area contributed by atoms with Crippen molar-refractivity contribution in [1.29, 1.82) is 0 Å². The molecule has 2 heterocycles. The number of aromatic nitrogens is 3. The van der Waals surface area contributed by atoms with E-state index in [-0.39, 0.29) is 18.6 Å². The third-order valence-electron chi connectivity index (χ3n) is 9.08. The van der Waals surface area contributed by atoms with Crippen LogP contribution in [0.4, 0.5) is 5.82 Å². The molecule has 0 spiro atoms. The highest BCUT2D eigenvalue weighted by molar-refractivity contribution is 6.42. The van der Waals surface area contributed by atoms with Crippen LogP contribution in [0, 0.1) is 5.92 Å². The van der Waals surface area contributed by atoms with Crippen molar-refractivity contribution in [2.75, 3.05) is 51.7 Å². The number of anilines is 1. The van der Waals surface area contributed by atoms with Crippen LogP contribution in [0.2, 0.25) is 10.0 Å². The molecule has 1 saturated carbocycles. The summed E-state index contributed by atoms with van der Waals surface area (Å²) in [6.07, 6.45) is 4.28. The van der Waals surface area contributed by atoms with E-state index in [0.29, 0.717) is 47.4 Å². The van der Waals surface area contributed by atoms with Gasteiger partial charge in [0, 0.05) is 32.3 Å². The van der Waals surface area contributed by atoms with E-state index in [1.807, 2.05) is 29.0 Å². The number of aliphatic hydroxyl groups excluding tert-OH is 2. The van der Waals surface area contributed by atoms with Gasteiger partial charge in [-0.3, -0.25) is 4.79 Å². The second-order valence-corrected chi connectivity index (χ2v) is 13.0. The summed E-state index contributed by atoms with van der Waals surface area (Å²) in [5.41, 5.74) is 8.06. The molecule has 0 bridgehead atoms. The Morgan fingerprint density at radius 1 is 1.11 bits per heavy atom. The van der Waals surface area contributed by atoms with E-state index < -0.39 is 24.2 Å². The van der Waals surface area contributed by atoms with Gasteiger partial charge in [-0.2, -0.15) is 0 Å². The number of hydrogen-bond donors (Lipinski definition) is 5. The van der Waals surface area contributed by atoms with Crippen molar-refractivity contribution in [2.24, 2.45) is 11.7 Å². The van der Waals surface area contributed by atoms with E-state index in [0.717, 1.165) is 48.6 Å². The number of halogens is 2. The minimum atomic E-state index is -0.947. The Kier molecular flexibility index (Phi) is 12.3. The number of hydrogen-bond acceptors (Lipinski definition) is 10. The van der Waals surface area contributed by atoms with Crippen LogP contribution in [0.5, 0.6) is 0 Å². The lowest BCUT2D eigenvalue weighted by Gasteiger charge is -2.28. The zero-order chi connectivity index (χ0) is 33.5. The maximum atomic E-state index is 12.2. The topological polar surface area (TPSA) is 151 Å². The minimum Gasteiger partial charge on any atom is -0.465 e. The molecule has 1 fully saturated rings. The number of nitrogens with two attached hydrogens (primary N) is 1. The number of nitrogens with zero attached hydrogens (tertiary/aromatic N) is 4. The van der Waals surface area contributed by atoms with Gasteiger partial charge in [-0.25, -0.2) is 9.97 Å². The van der Waals surface area contributed by atoms with E-state index in [1.54, 1.807) is 14.0 Å². The van der Waals surface area contributed by atoms with Crippen LogP contribution in [-0.4, -0.2) is 100 Å². The molecule has 1 aliphatic carbocycles. The van der Waals surface area contributed by atoms with Gasteiger partial charge in [-0.05, 0) is 86.8 Å². The summed E-state index contributed by atoms with van der Waals surface area (Å²) >= 11 is 12.4. The van der Waals surface area contributed by atoms with Gasteiger partial charge >= 0.3 is 5.97 Å². The molecule has 0 amide bonds. The lowest BCUT2D eigenvalue weighted by Crippen LogP contribution is -2.41. The van der Waals surface area contributed by atoms with Crippen molar-refractivity contribution >= 4 is 56.8 Å². The number of ether oxygens (including phenoxy) is 1. The van der Waals surface area contributed by atoms with Crippen LogP contribution in [0.1, 0.15) is 37.8 Å². The first-order valence-electron chi connectivity index (χ1n) is 16.3. The predicted octanol–water partition coefficient (Wildman–Crippen LogP) is 4.02. The Labute approximate surface area is 285 Å². The lowest BCUT2D eigenvalue weighted by molar-refractivity contribution is -0.144. The molecule has 47 heavy (non-hydrogen) atoms.